The third-order valence-corrected chi connectivity index (χ3v) is 2.61. The van der Waals surface area contributed by atoms with Crippen molar-refractivity contribution in [3.8, 4) is 5.75 Å². The van der Waals surface area contributed by atoms with E-state index in [-0.39, 0.29) is 0 Å². The van der Waals surface area contributed by atoms with Gasteiger partial charge in [-0.25, -0.2) is 9.18 Å². The first kappa shape index (κ1) is 12.4. The summed E-state index contributed by atoms with van der Waals surface area (Å²) in [6.45, 7) is 2.63. The van der Waals surface area contributed by atoms with Crippen LogP contribution in [-0.2, 0) is 4.79 Å². The van der Waals surface area contributed by atoms with Gasteiger partial charge in [-0.15, -0.1) is 0 Å². The largest absolute Gasteiger partial charge is 0.494 e. The average molecular weight is 251 g/mol. The van der Waals surface area contributed by atoms with Gasteiger partial charge in [0.1, 0.15) is 5.75 Å². The molecule has 5 heteroatoms. The minimum absolute atomic E-state index is 0.536. The molecule has 1 unspecified atom stereocenters. The number of carboxylic acid groups (broad SMARTS) is 1. The summed E-state index contributed by atoms with van der Waals surface area (Å²) in [5.41, 5.74) is 0.536. The molecule has 0 aliphatic rings. The quantitative estimate of drug-likeness (QED) is 0.888. The Morgan fingerprint density at radius 1 is 1.50 bits per heavy atom. The van der Waals surface area contributed by atoms with E-state index in [1.165, 1.54) is 6.20 Å². The Balaban J connectivity index is 2.34. The van der Waals surface area contributed by atoms with Crippen LogP contribution >= 0.6 is 0 Å². The van der Waals surface area contributed by atoms with Gasteiger partial charge in [0.05, 0.1) is 12.1 Å². The molecule has 1 aromatic carbocycles. The lowest BCUT2D eigenvalue weighted by Crippen LogP contribution is -2.12. The van der Waals surface area contributed by atoms with Gasteiger partial charge in [0.25, 0.3) is 6.30 Å². The summed E-state index contributed by atoms with van der Waals surface area (Å²) in [7, 11) is 0. The number of hydrogen-bond donors (Lipinski definition) is 1. The third-order valence-electron chi connectivity index (χ3n) is 2.61. The van der Waals surface area contributed by atoms with Crippen molar-refractivity contribution >= 4 is 16.9 Å². The van der Waals surface area contributed by atoms with Crippen LogP contribution in [-0.4, -0.2) is 22.2 Å². The molecule has 0 spiro atoms. The highest BCUT2D eigenvalue weighted by molar-refractivity contribution is 5.83. The van der Waals surface area contributed by atoms with E-state index < -0.39 is 12.3 Å². The van der Waals surface area contributed by atoms with Crippen molar-refractivity contribution in [2.24, 2.45) is 0 Å². The maximum atomic E-state index is 13.5. The molecule has 0 saturated heterocycles. The van der Waals surface area contributed by atoms with E-state index in [9.17, 15) is 9.18 Å². The second kappa shape index (κ2) is 5.08. The van der Waals surface area contributed by atoms with E-state index in [1.807, 2.05) is 6.92 Å². The Labute approximate surface area is 104 Å². The summed E-state index contributed by atoms with van der Waals surface area (Å²) >= 11 is 0. The molecule has 4 nitrogen and oxygen atoms in total. The first-order valence-electron chi connectivity index (χ1n) is 5.73. The zero-order chi connectivity index (χ0) is 13.1. The summed E-state index contributed by atoms with van der Waals surface area (Å²) < 4.78 is 20.0. The standard InChI is InChI=1S/C13H14FNO3/c1-2-7-18-10-3-4-11-9(8-10)5-6-15(11)12(14)13(16)17/h3-6,8,12H,2,7H2,1H3,(H,16,17). The summed E-state index contributed by atoms with van der Waals surface area (Å²) in [4.78, 5) is 10.6. The van der Waals surface area contributed by atoms with Crippen LogP contribution in [0.15, 0.2) is 30.5 Å². The number of halogens is 1. The SMILES string of the molecule is CCCOc1ccc2c(ccn2C(F)C(=O)O)c1. The fourth-order valence-electron chi connectivity index (χ4n) is 1.77. The van der Waals surface area contributed by atoms with Crippen LogP contribution in [0.1, 0.15) is 19.6 Å². The molecule has 2 rings (SSSR count). The Kier molecular flexibility index (Phi) is 3.50. The number of carboxylic acids is 1. The summed E-state index contributed by atoms with van der Waals surface area (Å²) in [6, 6.07) is 6.82. The number of carbonyl (C=O) groups is 1. The van der Waals surface area contributed by atoms with Crippen molar-refractivity contribution < 1.29 is 19.0 Å². The number of hydrogen-bond acceptors (Lipinski definition) is 2. The van der Waals surface area contributed by atoms with Crippen LogP contribution in [0.4, 0.5) is 4.39 Å². The number of benzene rings is 1. The predicted octanol–water partition coefficient (Wildman–Crippen LogP) is 2.98. The Morgan fingerprint density at radius 3 is 2.94 bits per heavy atom. The molecule has 1 heterocycles. The predicted molar refractivity (Wildman–Crippen MR) is 65.5 cm³/mol. The molecule has 0 aliphatic carbocycles. The lowest BCUT2D eigenvalue weighted by atomic mass is 10.2. The molecule has 0 radical (unpaired) electrons. The van der Waals surface area contributed by atoms with Crippen molar-refractivity contribution in [3.63, 3.8) is 0 Å². The lowest BCUT2D eigenvalue weighted by Gasteiger charge is -2.08. The third kappa shape index (κ3) is 2.30. The zero-order valence-electron chi connectivity index (χ0n) is 9.97. The van der Waals surface area contributed by atoms with E-state index in [1.54, 1.807) is 24.3 Å². The topological polar surface area (TPSA) is 51.5 Å². The second-order valence-corrected chi connectivity index (χ2v) is 3.97. The summed E-state index contributed by atoms with van der Waals surface area (Å²) in [5.74, 6) is -0.799. The van der Waals surface area contributed by atoms with E-state index in [0.717, 1.165) is 16.4 Å². The Bertz CT molecular complexity index is 564. The zero-order valence-corrected chi connectivity index (χ0v) is 9.97. The molecule has 96 valence electrons. The highest BCUT2D eigenvalue weighted by Gasteiger charge is 2.19. The maximum Gasteiger partial charge on any atom is 0.359 e. The Morgan fingerprint density at radius 2 is 2.28 bits per heavy atom. The van der Waals surface area contributed by atoms with Gasteiger partial charge < -0.3 is 14.4 Å². The summed E-state index contributed by atoms with van der Waals surface area (Å²) in [5, 5.41) is 9.42. The molecule has 0 aliphatic heterocycles. The lowest BCUT2D eigenvalue weighted by molar-refractivity contribution is -0.146. The van der Waals surface area contributed by atoms with Crippen molar-refractivity contribution in [2.45, 2.75) is 19.6 Å². The van der Waals surface area contributed by atoms with Gasteiger partial charge >= 0.3 is 5.97 Å². The molecule has 0 bridgehead atoms. The number of rotatable bonds is 5. The molecule has 1 N–H and O–H groups in total. The van der Waals surface area contributed by atoms with E-state index in [0.29, 0.717) is 17.9 Å². The summed E-state index contributed by atoms with van der Waals surface area (Å²) in [6.07, 6.45) is 0.266. The average Bonchev–Trinajstić information content (AvgIpc) is 2.78. The number of alkyl halides is 1. The van der Waals surface area contributed by atoms with Gasteiger partial charge in [-0.3, -0.25) is 0 Å². The van der Waals surface area contributed by atoms with Crippen LogP contribution in [0.25, 0.3) is 10.9 Å². The first-order valence-corrected chi connectivity index (χ1v) is 5.73. The molecule has 0 fully saturated rings. The molecule has 1 aromatic heterocycles. The fraction of sp³-hybridized carbons (Fsp3) is 0.308. The van der Waals surface area contributed by atoms with E-state index >= 15 is 0 Å². The van der Waals surface area contributed by atoms with Gasteiger partial charge in [0, 0.05) is 11.6 Å². The highest BCUT2D eigenvalue weighted by Crippen LogP contribution is 2.25. The molecule has 2 aromatic rings. The molecule has 18 heavy (non-hydrogen) atoms. The number of fused-ring (bicyclic) bond motifs is 1. The monoisotopic (exact) mass is 251 g/mol. The van der Waals surface area contributed by atoms with Gasteiger partial charge in [-0.2, -0.15) is 0 Å². The van der Waals surface area contributed by atoms with Gasteiger partial charge in [0.2, 0.25) is 0 Å². The first-order chi connectivity index (χ1) is 8.63. The number of aromatic nitrogens is 1. The molecule has 0 amide bonds. The number of aliphatic carboxylic acids is 1. The van der Waals surface area contributed by atoms with Crippen molar-refractivity contribution in [2.75, 3.05) is 6.61 Å². The second-order valence-electron chi connectivity index (χ2n) is 3.97. The fourth-order valence-corrected chi connectivity index (χ4v) is 1.77. The smallest absolute Gasteiger partial charge is 0.359 e. The van der Waals surface area contributed by atoms with Crippen LogP contribution in [0.3, 0.4) is 0 Å². The van der Waals surface area contributed by atoms with Crippen molar-refractivity contribution in [1.82, 2.24) is 4.57 Å². The normalized spacial score (nSPS) is 12.6. The van der Waals surface area contributed by atoms with Crippen LogP contribution in [0, 0.1) is 0 Å². The van der Waals surface area contributed by atoms with Crippen LogP contribution in [0.5, 0.6) is 5.75 Å². The minimum Gasteiger partial charge on any atom is -0.494 e. The van der Waals surface area contributed by atoms with Crippen molar-refractivity contribution in [1.29, 1.82) is 0 Å². The van der Waals surface area contributed by atoms with Crippen LogP contribution in [0.2, 0.25) is 0 Å². The minimum atomic E-state index is -2.06. The molecular weight excluding hydrogens is 237 g/mol. The molecular formula is C13H14FNO3. The van der Waals surface area contributed by atoms with Crippen LogP contribution < -0.4 is 4.74 Å². The van der Waals surface area contributed by atoms with Gasteiger partial charge in [-0.05, 0) is 30.7 Å². The van der Waals surface area contributed by atoms with E-state index in [4.69, 9.17) is 9.84 Å². The van der Waals surface area contributed by atoms with Gasteiger partial charge in [0.15, 0.2) is 0 Å². The maximum absolute atomic E-state index is 13.5. The van der Waals surface area contributed by atoms with E-state index in [2.05, 4.69) is 0 Å². The molecule has 0 saturated carbocycles. The number of ether oxygens (including phenoxy) is 1. The number of nitrogens with zero attached hydrogens (tertiary/aromatic N) is 1. The van der Waals surface area contributed by atoms with Gasteiger partial charge in [-0.1, -0.05) is 6.92 Å². The molecule has 1 atom stereocenters. The highest BCUT2D eigenvalue weighted by atomic mass is 19.1. The Hall–Kier alpha value is -2.04. The van der Waals surface area contributed by atoms with Crippen molar-refractivity contribution in [3.05, 3.63) is 30.5 Å².